The van der Waals surface area contributed by atoms with Gasteiger partial charge < -0.3 is 0 Å². The number of halogens is 3. The van der Waals surface area contributed by atoms with Crippen LogP contribution in [-0.2, 0) is 0 Å². The van der Waals surface area contributed by atoms with Crippen LogP contribution in [0, 0.1) is 25.6 Å². The molecule has 0 amide bonds. The molecule has 0 fully saturated rings. The van der Waals surface area contributed by atoms with Gasteiger partial charge in [0.2, 0.25) is 11.7 Å². The van der Waals surface area contributed by atoms with Crippen molar-refractivity contribution in [3.05, 3.63) is 62.8 Å². The number of rotatable bonds is 1. The molecule has 2 aromatic heterocycles. The van der Waals surface area contributed by atoms with E-state index in [9.17, 15) is 13.6 Å². The molecule has 1 aromatic carbocycles. The van der Waals surface area contributed by atoms with E-state index in [4.69, 9.17) is 11.6 Å². The molecule has 21 heavy (non-hydrogen) atoms. The summed E-state index contributed by atoms with van der Waals surface area (Å²) in [4.78, 5) is 16.2. The maximum Gasteiger partial charge on any atom is 0.262 e. The Balaban J connectivity index is 2.46. The molecule has 0 radical (unpaired) electrons. The van der Waals surface area contributed by atoms with Crippen molar-refractivity contribution in [2.24, 2.45) is 0 Å². The van der Waals surface area contributed by atoms with Gasteiger partial charge in [0.25, 0.3) is 5.56 Å². The number of aryl methyl sites for hydroxylation is 2. The van der Waals surface area contributed by atoms with Crippen molar-refractivity contribution in [2.75, 3.05) is 0 Å². The van der Waals surface area contributed by atoms with Crippen LogP contribution < -0.4 is 5.56 Å². The highest BCUT2D eigenvalue weighted by atomic mass is 35.5. The smallest absolute Gasteiger partial charge is 0.262 e. The molecule has 7 heteroatoms. The molecule has 0 saturated carbocycles. The first-order valence-corrected chi connectivity index (χ1v) is 6.49. The lowest BCUT2D eigenvalue weighted by molar-refractivity contribution is 0.555. The van der Waals surface area contributed by atoms with Crippen molar-refractivity contribution in [1.29, 1.82) is 0 Å². The quantitative estimate of drug-likeness (QED) is 0.648. The van der Waals surface area contributed by atoms with Gasteiger partial charge >= 0.3 is 0 Å². The van der Waals surface area contributed by atoms with Crippen molar-refractivity contribution in [3.8, 4) is 5.69 Å². The number of fused-ring (bicyclic) bond motifs is 1. The first kappa shape index (κ1) is 13.8. The fraction of sp³-hybridized carbons (Fsp3) is 0.143. The summed E-state index contributed by atoms with van der Waals surface area (Å²) in [6.45, 7) is 3.35. The van der Waals surface area contributed by atoms with Crippen LogP contribution in [0.3, 0.4) is 0 Å². The Morgan fingerprint density at radius 1 is 1.19 bits per heavy atom. The number of benzene rings is 1. The third-order valence-electron chi connectivity index (χ3n) is 3.17. The second-order valence-electron chi connectivity index (χ2n) is 4.75. The number of nitrogens with zero attached hydrogens (tertiary/aromatic N) is 3. The maximum absolute atomic E-state index is 14.2. The monoisotopic (exact) mass is 309 g/mol. The second-order valence-corrected chi connectivity index (χ2v) is 5.15. The highest BCUT2D eigenvalue weighted by Gasteiger charge is 2.16. The van der Waals surface area contributed by atoms with Crippen molar-refractivity contribution in [1.82, 2.24) is 14.0 Å². The van der Waals surface area contributed by atoms with Crippen LogP contribution in [0.2, 0.25) is 5.02 Å². The van der Waals surface area contributed by atoms with Gasteiger partial charge in [-0.1, -0.05) is 11.6 Å². The van der Waals surface area contributed by atoms with E-state index in [2.05, 4.69) is 4.98 Å². The maximum atomic E-state index is 14.2. The summed E-state index contributed by atoms with van der Waals surface area (Å²) in [5.74, 6) is -1.42. The standard InChI is InChI=1S/C14H10ClF2N3O/c1-7-3-11(10(16)4-9(7)15)20-13(21)5-12(17)19-6-8(2)18-14(19)20/h3-6H,1-2H3. The summed E-state index contributed by atoms with van der Waals surface area (Å²) in [7, 11) is 0. The van der Waals surface area contributed by atoms with Gasteiger partial charge in [0.15, 0.2) is 0 Å². The van der Waals surface area contributed by atoms with Gasteiger partial charge in [0, 0.05) is 11.2 Å². The normalized spacial score (nSPS) is 11.3. The van der Waals surface area contributed by atoms with E-state index in [1.54, 1.807) is 13.8 Å². The summed E-state index contributed by atoms with van der Waals surface area (Å²) in [6.07, 6.45) is 1.43. The van der Waals surface area contributed by atoms with E-state index >= 15 is 0 Å². The minimum Gasteiger partial charge on any atom is -0.269 e. The predicted molar refractivity (Wildman–Crippen MR) is 75.2 cm³/mol. The minimum atomic E-state index is -0.752. The molecule has 0 unspecified atom stereocenters. The van der Waals surface area contributed by atoms with Crippen LogP contribution in [0.5, 0.6) is 0 Å². The highest BCUT2D eigenvalue weighted by molar-refractivity contribution is 6.31. The van der Waals surface area contributed by atoms with Crippen LogP contribution in [0.1, 0.15) is 11.3 Å². The van der Waals surface area contributed by atoms with E-state index < -0.39 is 17.3 Å². The van der Waals surface area contributed by atoms with E-state index in [1.165, 1.54) is 12.3 Å². The lowest BCUT2D eigenvalue weighted by Gasteiger charge is -2.10. The van der Waals surface area contributed by atoms with Gasteiger partial charge in [-0.3, -0.25) is 9.20 Å². The Kier molecular flexibility index (Phi) is 3.06. The van der Waals surface area contributed by atoms with E-state index in [0.29, 0.717) is 11.3 Å². The Hall–Kier alpha value is -2.21. The molecule has 0 aliphatic heterocycles. The molecule has 4 nitrogen and oxygen atoms in total. The average molecular weight is 310 g/mol. The van der Waals surface area contributed by atoms with Gasteiger partial charge in [0.05, 0.1) is 17.4 Å². The predicted octanol–water partition coefficient (Wildman–Crippen LogP) is 3.03. The largest absolute Gasteiger partial charge is 0.269 e. The Morgan fingerprint density at radius 3 is 2.62 bits per heavy atom. The molecule has 0 N–H and O–H groups in total. The third kappa shape index (κ3) is 2.12. The molecule has 0 spiro atoms. The molecule has 0 atom stereocenters. The summed E-state index contributed by atoms with van der Waals surface area (Å²) in [5, 5.41) is 0.252. The molecule has 0 aliphatic rings. The van der Waals surface area contributed by atoms with Crippen LogP contribution in [-0.4, -0.2) is 14.0 Å². The molecule has 0 saturated heterocycles. The molecule has 0 bridgehead atoms. The SMILES string of the molecule is Cc1cn2c(F)cc(=O)n(-c3cc(C)c(Cl)cc3F)c2n1. The van der Waals surface area contributed by atoms with Crippen molar-refractivity contribution in [2.45, 2.75) is 13.8 Å². The lowest BCUT2D eigenvalue weighted by atomic mass is 10.2. The molecule has 0 aliphatic carbocycles. The first-order chi connectivity index (χ1) is 9.88. The molecule has 2 heterocycles. The Bertz CT molecular complexity index is 930. The molecule has 3 aromatic rings. The van der Waals surface area contributed by atoms with Crippen LogP contribution >= 0.6 is 11.6 Å². The first-order valence-electron chi connectivity index (χ1n) is 6.12. The number of imidazole rings is 1. The van der Waals surface area contributed by atoms with Crippen LogP contribution in [0.15, 0.2) is 29.2 Å². The Morgan fingerprint density at radius 2 is 1.90 bits per heavy atom. The fourth-order valence-electron chi connectivity index (χ4n) is 2.17. The zero-order valence-corrected chi connectivity index (χ0v) is 11.9. The zero-order chi connectivity index (χ0) is 15.3. The number of hydrogen-bond acceptors (Lipinski definition) is 2. The molecular weight excluding hydrogens is 300 g/mol. The average Bonchev–Trinajstić information content (AvgIpc) is 2.77. The summed E-state index contributed by atoms with van der Waals surface area (Å²) >= 11 is 5.85. The number of aromatic nitrogens is 3. The van der Waals surface area contributed by atoms with Gasteiger partial charge in [-0.2, -0.15) is 4.39 Å². The second kappa shape index (κ2) is 4.66. The van der Waals surface area contributed by atoms with Gasteiger partial charge in [-0.05, 0) is 31.5 Å². The topological polar surface area (TPSA) is 39.3 Å². The van der Waals surface area contributed by atoms with E-state index in [0.717, 1.165) is 21.1 Å². The number of hydrogen-bond donors (Lipinski definition) is 0. The van der Waals surface area contributed by atoms with E-state index in [1.807, 2.05) is 0 Å². The summed E-state index contributed by atoms with van der Waals surface area (Å²) < 4.78 is 30.1. The molecule has 108 valence electrons. The fourth-order valence-corrected chi connectivity index (χ4v) is 2.32. The molecule has 3 rings (SSSR count). The van der Waals surface area contributed by atoms with Gasteiger partial charge in [-0.25, -0.2) is 13.9 Å². The Labute approximate surface area is 123 Å². The van der Waals surface area contributed by atoms with Crippen molar-refractivity contribution >= 4 is 17.4 Å². The van der Waals surface area contributed by atoms with Gasteiger partial charge in [0.1, 0.15) is 5.82 Å². The summed E-state index contributed by atoms with van der Waals surface area (Å²) in [6, 6.07) is 3.34. The van der Waals surface area contributed by atoms with Crippen molar-refractivity contribution in [3.63, 3.8) is 0 Å². The van der Waals surface area contributed by atoms with Crippen LogP contribution in [0.4, 0.5) is 8.78 Å². The van der Waals surface area contributed by atoms with Gasteiger partial charge in [-0.15, -0.1) is 0 Å². The summed E-state index contributed by atoms with van der Waals surface area (Å²) in [5.41, 5.74) is 0.397. The van der Waals surface area contributed by atoms with Crippen molar-refractivity contribution < 1.29 is 8.78 Å². The minimum absolute atomic E-state index is 0.0122. The zero-order valence-electron chi connectivity index (χ0n) is 11.2. The third-order valence-corrected chi connectivity index (χ3v) is 3.58. The lowest BCUT2D eigenvalue weighted by Crippen LogP contribution is -2.22. The molecular formula is C14H10ClF2N3O. The highest BCUT2D eigenvalue weighted by Crippen LogP contribution is 2.23. The van der Waals surface area contributed by atoms with Crippen LogP contribution in [0.25, 0.3) is 11.5 Å². The van der Waals surface area contributed by atoms with E-state index in [-0.39, 0.29) is 16.5 Å².